The molecule has 0 spiro atoms. The highest BCUT2D eigenvalue weighted by Gasteiger charge is 2.51. The van der Waals surface area contributed by atoms with Crippen molar-refractivity contribution in [3.05, 3.63) is 69.0 Å². The van der Waals surface area contributed by atoms with E-state index in [0.717, 1.165) is 49.9 Å². The Kier molecular flexibility index (Phi) is 6.66. The molecule has 3 fully saturated rings. The second kappa shape index (κ2) is 9.70. The van der Waals surface area contributed by atoms with Crippen molar-refractivity contribution in [1.82, 2.24) is 0 Å². The lowest BCUT2D eigenvalue weighted by molar-refractivity contribution is -0.946. The van der Waals surface area contributed by atoms with Crippen LogP contribution in [0.3, 0.4) is 0 Å². The molecule has 180 valence electrons. The van der Waals surface area contributed by atoms with Gasteiger partial charge in [0.25, 0.3) is 0 Å². The predicted octanol–water partition coefficient (Wildman–Crippen LogP) is 4.37. The number of ether oxygens (including phenoxy) is 2. The molecule has 34 heavy (non-hydrogen) atoms. The second-order valence-electron chi connectivity index (χ2n) is 9.34. The van der Waals surface area contributed by atoms with Crippen LogP contribution in [0, 0.1) is 5.92 Å². The maximum atomic E-state index is 13.4. The summed E-state index contributed by atoms with van der Waals surface area (Å²) in [5.41, 5.74) is -1.76. The first-order valence-electron chi connectivity index (χ1n) is 11.8. The van der Waals surface area contributed by atoms with Gasteiger partial charge in [0, 0.05) is 31.2 Å². The number of hydrogen-bond donors (Lipinski definition) is 2. The number of esters is 1. The van der Waals surface area contributed by atoms with Crippen LogP contribution >= 0.6 is 22.7 Å². The van der Waals surface area contributed by atoms with Crippen LogP contribution in [0.1, 0.15) is 29.0 Å². The summed E-state index contributed by atoms with van der Waals surface area (Å²) in [5, 5.41) is 24.9. The van der Waals surface area contributed by atoms with Gasteiger partial charge in [0.1, 0.15) is 18.0 Å². The Morgan fingerprint density at radius 3 is 2.38 bits per heavy atom. The number of hydrogen-bond acceptors (Lipinski definition) is 7. The first kappa shape index (κ1) is 23.4. The quantitative estimate of drug-likeness (QED) is 0.259. The van der Waals surface area contributed by atoms with E-state index in [2.05, 4.69) is 0 Å². The fraction of sp³-hybridized carbons (Fsp3) is 0.423. The van der Waals surface area contributed by atoms with Gasteiger partial charge in [0.15, 0.2) is 6.10 Å². The highest BCUT2D eigenvalue weighted by molar-refractivity contribution is 7.12. The molecule has 2 N–H and O–H groups in total. The van der Waals surface area contributed by atoms with E-state index in [1.165, 1.54) is 22.7 Å². The minimum absolute atomic E-state index is 0.187. The summed E-state index contributed by atoms with van der Waals surface area (Å²) in [6, 6.07) is 14.1. The number of piperidine rings is 3. The molecule has 6 nitrogen and oxygen atoms in total. The average Bonchev–Trinajstić information content (AvgIpc) is 3.57. The second-order valence-corrected chi connectivity index (χ2v) is 11.2. The minimum Gasteiger partial charge on any atom is -0.508 e. The number of carbonyl (C=O) groups excluding carboxylic acids is 1. The topological polar surface area (TPSA) is 76.0 Å². The van der Waals surface area contributed by atoms with E-state index in [0.29, 0.717) is 28.0 Å². The zero-order valence-electron chi connectivity index (χ0n) is 19.0. The van der Waals surface area contributed by atoms with Crippen LogP contribution in [0.2, 0.25) is 0 Å². The summed E-state index contributed by atoms with van der Waals surface area (Å²) in [7, 11) is 0. The molecule has 1 atom stereocenters. The molecule has 0 radical (unpaired) electrons. The molecular formula is C26H30NO5S2+. The lowest BCUT2D eigenvalue weighted by atomic mass is 9.83. The molecule has 3 saturated heterocycles. The number of thiophene rings is 2. The van der Waals surface area contributed by atoms with E-state index in [9.17, 15) is 15.0 Å². The molecule has 3 aliphatic rings. The zero-order valence-corrected chi connectivity index (χ0v) is 20.6. The summed E-state index contributed by atoms with van der Waals surface area (Å²) >= 11 is 2.74. The van der Waals surface area contributed by atoms with Gasteiger partial charge >= 0.3 is 5.97 Å². The van der Waals surface area contributed by atoms with Crippen molar-refractivity contribution < 1.29 is 29.0 Å². The van der Waals surface area contributed by atoms with E-state index >= 15 is 0 Å². The molecule has 2 aromatic heterocycles. The Morgan fingerprint density at radius 2 is 1.76 bits per heavy atom. The number of rotatable bonds is 9. The Hall–Kier alpha value is -2.39. The minimum atomic E-state index is -1.76. The Bertz CT molecular complexity index is 1060. The van der Waals surface area contributed by atoms with Crippen molar-refractivity contribution in [3.63, 3.8) is 0 Å². The van der Waals surface area contributed by atoms with Gasteiger partial charge in [-0.2, -0.15) is 0 Å². The van der Waals surface area contributed by atoms with Gasteiger partial charge in [-0.05, 0) is 35.0 Å². The van der Waals surface area contributed by atoms with Gasteiger partial charge in [-0.15, -0.1) is 22.7 Å². The number of phenols is 1. The molecule has 3 aromatic rings. The normalized spacial score (nSPS) is 24.1. The molecule has 3 aliphatic heterocycles. The van der Waals surface area contributed by atoms with E-state index in [-0.39, 0.29) is 11.9 Å². The third kappa shape index (κ3) is 4.60. The number of benzene rings is 1. The molecule has 2 bridgehead atoms. The van der Waals surface area contributed by atoms with Gasteiger partial charge in [-0.1, -0.05) is 18.2 Å². The number of aliphatic hydroxyl groups is 1. The number of fused-ring (bicyclic) bond motifs is 3. The van der Waals surface area contributed by atoms with Crippen molar-refractivity contribution in [1.29, 1.82) is 0 Å². The fourth-order valence-corrected chi connectivity index (χ4v) is 7.06. The van der Waals surface area contributed by atoms with Gasteiger partial charge in [-0.25, -0.2) is 4.79 Å². The van der Waals surface area contributed by atoms with Crippen LogP contribution in [-0.4, -0.2) is 59.6 Å². The van der Waals surface area contributed by atoms with Crippen LogP contribution < -0.4 is 4.74 Å². The van der Waals surface area contributed by atoms with Gasteiger partial charge < -0.3 is 24.2 Å². The third-order valence-electron chi connectivity index (χ3n) is 7.21. The molecule has 5 heterocycles. The van der Waals surface area contributed by atoms with Gasteiger partial charge in [0.2, 0.25) is 5.60 Å². The van der Waals surface area contributed by atoms with Crippen molar-refractivity contribution >= 4 is 28.6 Å². The molecule has 6 rings (SSSR count). The number of quaternary nitrogens is 1. The number of carbonyl (C=O) groups is 1. The molecule has 8 heteroatoms. The zero-order chi connectivity index (χ0) is 23.6. The van der Waals surface area contributed by atoms with Gasteiger partial charge in [0.05, 0.1) is 36.0 Å². The van der Waals surface area contributed by atoms with Crippen LogP contribution in [0.4, 0.5) is 0 Å². The average molecular weight is 501 g/mol. The molecule has 1 aromatic carbocycles. The van der Waals surface area contributed by atoms with E-state index in [1.54, 1.807) is 30.3 Å². The lowest BCUT2D eigenvalue weighted by Crippen LogP contribution is -2.65. The number of aromatic hydroxyl groups is 1. The molecule has 0 aliphatic carbocycles. The van der Waals surface area contributed by atoms with Crippen LogP contribution in [0.25, 0.3) is 0 Å². The summed E-state index contributed by atoms with van der Waals surface area (Å²) < 4.78 is 12.8. The van der Waals surface area contributed by atoms with Crippen molar-refractivity contribution in [2.24, 2.45) is 5.92 Å². The van der Waals surface area contributed by atoms with E-state index in [4.69, 9.17) is 9.47 Å². The van der Waals surface area contributed by atoms with E-state index in [1.807, 2.05) is 29.0 Å². The summed E-state index contributed by atoms with van der Waals surface area (Å²) in [6.45, 7) is 4.50. The fourth-order valence-electron chi connectivity index (χ4n) is 5.35. The SMILES string of the molecule is O=C(O[C@H]1C[N+]2(CCCOc3cccc(O)c3)CCC1CC2)C(O)(c1cccs1)c1cccs1. The maximum Gasteiger partial charge on any atom is 0.349 e. The van der Waals surface area contributed by atoms with Crippen LogP contribution in [0.15, 0.2) is 59.3 Å². The smallest absolute Gasteiger partial charge is 0.349 e. The Morgan fingerprint density at radius 1 is 1.06 bits per heavy atom. The molecule has 0 unspecified atom stereocenters. The summed E-state index contributed by atoms with van der Waals surface area (Å²) in [5.74, 6) is 0.655. The standard InChI is InChI=1S/C26H29NO5S2/c28-20-5-1-6-21(17-20)31-14-4-11-27-12-9-19(10-13-27)22(18-27)32-25(29)26(30,23-7-2-15-33-23)24-8-3-16-34-24/h1-3,5-8,15-17,19,22,30H,4,9-14,18H2/p+1/t19?,22-,27?/m0/s1. The third-order valence-corrected chi connectivity index (χ3v) is 9.17. The first-order valence-corrected chi connectivity index (χ1v) is 13.5. The first-order chi connectivity index (χ1) is 16.5. The van der Waals surface area contributed by atoms with Crippen molar-refractivity contribution in [2.45, 2.75) is 31.0 Å². The van der Waals surface area contributed by atoms with Gasteiger partial charge in [-0.3, -0.25) is 0 Å². The largest absolute Gasteiger partial charge is 0.508 e. The van der Waals surface area contributed by atoms with E-state index < -0.39 is 11.6 Å². The Balaban J connectivity index is 1.23. The maximum absolute atomic E-state index is 13.4. The van der Waals surface area contributed by atoms with Crippen LogP contribution in [-0.2, 0) is 15.1 Å². The molecular weight excluding hydrogens is 470 g/mol. The highest BCUT2D eigenvalue weighted by atomic mass is 32.1. The Labute approximate surface area is 207 Å². The summed E-state index contributed by atoms with van der Waals surface area (Å²) in [4.78, 5) is 14.6. The predicted molar refractivity (Wildman–Crippen MR) is 132 cm³/mol. The summed E-state index contributed by atoms with van der Waals surface area (Å²) in [6.07, 6.45) is 2.76. The molecule has 0 saturated carbocycles. The van der Waals surface area contributed by atoms with Crippen molar-refractivity contribution in [2.75, 3.05) is 32.8 Å². The monoisotopic (exact) mass is 500 g/mol. The number of nitrogens with zero attached hydrogens (tertiary/aromatic N) is 1. The molecule has 0 amide bonds. The van der Waals surface area contributed by atoms with Crippen molar-refractivity contribution in [3.8, 4) is 11.5 Å². The number of phenolic OH excluding ortho intramolecular Hbond substituents is 1. The highest BCUT2D eigenvalue weighted by Crippen LogP contribution is 2.40. The van der Waals surface area contributed by atoms with Crippen LogP contribution in [0.5, 0.6) is 11.5 Å². The lowest BCUT2D eigenvalue weighted by Gasteiger charge is -2.52.